The summed E-state index contributed by atoms with van der Waals surface area (Å²) in [6.45, 7) is 2.98. The van der Waals surface area contributed by atoms with Crippen molar-refractivity contribution in [3.05, 3.63) is 84.2 Å². The number of para-hydroxylation sites is 1. The lowest BCUT2D eigenvalue weighted by atomic mass is 9.99. The normalized spacial score (nSPS) is 17.0. The number of carbonyl (C=O) groups is 1. The highest BCUT2D eigenvalue weighted by Gasteiger charge is 2.26. The smallest absolute Gasteiger partial charge is 0.236 e. The van der Waals surface area contributed by atoms with Gasteiger partial charge >= 0.3 is 0 Å². The molecule has 3 aromatic rings. The summed E-state index contributed by atoms with van der Waals surface area (Å²) < 4.78 is 1.85. The Hall–Kier alpha value is -2.92. The Kier molecular flexibility index (Phi) is 5.53. The Morgan fingerprint density at radius 3 is 2.57 bits per heavy atom. The Morgan fingerprint density at radius 2 is 1.82 bits per heavy atom. The van der Waals surface area contributed by atoms with Crippen LogP contribution in [0.5, 0.6) is 0 Å². The van der Waals surface area contributed by atoms with Crippen molar-refractivity contribution in [1.82, 2.24) is 19.6 Å². The van der Waals surface area contributed by atoms with Crippen molar-refractivity contribution in [2.24, 2.45) is 0 Å². The first-order chi connectivity index (χ1) is 13.7. The van der Waals surface area contributed by atoms with Crippen LogP contribution in [0.25, 0.3) is 5.69 Å². The van der Waals surface area contributed by atoms with Crippen molar-refractivity contribution in [2.75, 3.05) is 26.7 Å². The molecule has 1 amide bonds. The number of carbonyl (C=O) groups excluding carboxylic acids is 1. The minimum atomic E-state index is 0.154. The van der Waals surface area contributed by atoms with Crippen molar-refractivity contribution in [3.63, 3.8) is 0 Å². The van der Waals surface area contributed by atoms with E-state index in [1.807, 2.05) is 54.5 Å². The van der Waals surface area contributed by atoms with Crippen LogP contribution in [-0.2, 0) is 11.3 Å². The van der Waals surface area contributed by atoms with Gasteiger partial charge in [-0.25, -0.2) is 4.68 Å². The molecule has 0 radical (unpaired) electrons. The summed E-state index contributed by atoms with van der Waals surface area (Å²) in [7, 11) is 1.87. The van der Waals surface area contributed by atoms with Gasteiger partial charge < -0.3 is 4.90 Å². The summed E-state index contributed by atoms with van der Waals surface area (Å²) in [6.07, 6.45) is 4.93. The van der Waals surface area contributed by atoms with Gasteiger partial charge in [-0.15, -0.1) is 0 Å². The second kappa shape index (κ2) is 8.40. The molecule has 1 aromatic heterocycles. The molecule has 1 saturated heterocycles. The fraction of sp³-hybridized carbons (Fsp3) is 0.304. The Bertz CT molecular complexity index is 907. The van der Waals surface area contributed by atoms with E-state index in [0.717, 1.165) is 30.8 Å². The average Bonchev–Trinajstić information content (AvgIpc) is 3.39. The van der Waals surface area contributed by atoms with Crippen LogP contribution in [0.2, 0.25) is 0 Å². The first-order valence-electron chi connectivity index (χ1n) is 9.79. The van der Waals surface area contributed by atoms with Crippen LogP contribution in [0.1, 0.15) is 23.5 Å². The molecule has 1 aliphatic heterocycles. The molecule has 1 atom stereocenters. The van der Waals surface area contributed by atoms with E-state index in [0.29, 0.717) is 19.0 Å². The standard InChI is InChI=1S/C23H26N4O/c1-25(15-19-14-24-27(16-19)22-10-6-3-7-11-22)23(28)18-26-13-12-21(17-26)20-8-4-2-5-9-20/h2-11,14,16,21H,12-13,15,17-18H2,1H3/t21-/m0/s1. The molecule has 144 valence electrons. The first-order valence-corrected chi connectivity index (χ1v) is 9.79. The van der Waals surface area contributed by atoms with Crippen LogP contribution in [0.3, 0.4) is 0 Å². The monoisotopic (exact) mass is 374 g/mol. The number of rotatable bonds is 6. The van der Waals surface area contributed by atoms with Crippen LogP contribution in [0, 0.1) is 0 Å². The summed E-state index contributed by atoms with van der Waals surface area (Å²) in [4.78, 5) is 16.7. The molecule has 0 saturated carbocycles. The van der Waals surface area contributed by atoms with E-state index >= 15 is 0 Å². The average molecular weight is 374 g/mol. The Balaban J connectivity index is 1.30. The minimum absolute atomic E-state index is 0.154. The van der Waals surface area contributed by atoms with Crippen molar-refractivity contribution in [2.45, 2.75) is 18.9 Å². The summed E-state index contributed by atoms with van der Waals surface area (Å²) in [5, 5.41) is 4.41. The summed E-state index contributed by atoms with van der Waals surface area (Å²) in [5.74, 6) is 0.685. The van der Waals surface area contributed by atoms with Crippen molar-refractivity contribution in [1.29, 1.82) is 0 Å². The van der Waals surface area contributed by atoms with Crippen molar-refractivity contribution >= 4 is 5.91 Å². The number of aromatic nitrogens is 2. The number of amides is 1. The number of nitrogens with zero attached hydrogens (tertiary/aromatic N) is 4. The maximum absolute atomic E-state index is 12.7. The van der Waals surface area contributed by atoms with E-state index in [4.69, 9.17) is 0 Å². The van der Waals surface area contributed by atoms with Crippen molar-refractivity contribution < 1.29 is 4.79 Å². The fourth-order valence-electron chi connectivity index (χ4n) is 3.81. The Labute approximate surface area is 166 Å². The number of hydrogen-bond donors (Lipinski definition) is 0. The molecule has 0 aliphatic carbocycles. The van der Waals surface area contributed by atoms with Crippen LogP contribution >= 0.6 is 0 Å². The van der Waals surface area contributed by atoms with Crippen LogP contribution in [0.15, 0.2) is 73.1 Å². The zero-order chi connectivity index (χ0) is 19.3. The highest BCUT2D eigenvalue weighted by Crippen LogP contribution is 2.26. The van der Waals surface area contributed by atoms with Gasteiger partial charge in [0.05, 0.1) is 18.4 Å². The molecule has 1 fully saturated rings. The van der Waals surface area contributed by atoms with Gasteiger partial charge in [0.2, 0.25) is 5.91 Å². The molecule has 0 spiro atoms. The van der Waals surface area contributed by atoms with Gasteiger partial charge in [-0.1, -0.05) is 48.5 Å². The number of benzene rings is 2. The molecule has 5 nitrogen and oxygen atoms in total. The second-order valence-corrected chi connectivity index (χ2v) is 7.51. The molecule has 2 aromatic carbocycles. The number of hydrogen-bond acceptors (Lipinski definition) is 3. The molecule has 0 unspecified atom stereocenters. The summed E-state index contributed by atoms with van der Waals surface area (Å²) in [5.41, 5.74) is 3.43. The lowest BCUT2D eigenvalue weighted by molar-refractivity contribution is -0.131. The Morgan fingerprint density at radius 1 is 1.11 bits per heavy atom. The van der Waals surface area contributed by atoms with Crippen molar-refractivity contribution in [3.8, 4) is 5.69 Å². The third-order valence-electron chi connectivity index (χ3n) is 5.40. The molecule has 5 heteroatoms. The zero-order valence-electron chi connectivity index (χ0n) is 16.2. The fourth-order valence-corrected chi connectivity index (χ4v) is 3.81. The van der Waals surface area contributed by atoms with Crippen LogP contribution in [-0.4, -0.2) is 52.2 Å². The molecule has 2 heterocycles. The van der Waals surface area contributed by atoms with E-state index in [1.54, 1.807) is 4.90 Å². The second-order valence-electron chi connectivity index (χ2n) is 7.51. The third kappa shape index (κ3) is 4.31. The summed E-state index contributed by atoms with van der Waals surface area (Å²) >= 11 is 0. The topological polar surface area (TPSA) is 41.4 Å². The lowest BCUT2D eigenvalue weighted by Gasteiger charge is -2.21. The predicted molar refractivity (Wildman–Crippen MR) is 110 cm³/mol. The van der Waals surface area contributed by atoms with Gasteiger partial charge in [-0.05, 0) is 36.6 Å². The third-order valence-corrected chi connectivity index (χ3v) is 5.40. The first kappa shape index (κ1) is 18.4. The number of likely N-dealkylation sites (tertiary alicyclic amines) is 1. The van der Waals surface area contributed by atoms with E-state index in [1.165, 1.54) is 5.56 Å². The van der Waals surface area contributed by atoms with E-state index in [9.17, 15) is 4.79 Å². The van der Waals surface area contributed by atoms with Crippen LogP contribution in [0.4, 0.5) is 0 Å². The molecule has 4 rings (SSSR count). The van der Waals surface area contributed by atoms with Gasteiger partial charge in [-0.2, -0.15) is 5.10 Å². The molecule has 0 bridgehead atoms. The molecular weight excluding hydrogens is 348 g/mol. The van der Waals surface area contributed by atoms with Gasteiger partial charge in [-0.3, -0.25) is 9.69 Å². The molecule has 0 N–H and O–H groups in total. The van der Waals surface area contributed by atoms with E-state index in [-0.39, 0.29) is 5.91 Å². The number of likely N-dealkylation sites (N-methyl/N-ethyl adjacent to an activating group) is 1. The molecule has 28 heavy (non-hydrogen) atoms. The minimum Gasteiger partial charge on any atom is -0.340 e. The van der Waals surface area contributed by atoms with E-state index < -0.39 is 0 Å². The quantitative estimate of drug-likeness (QED) is 0.665. The van der Waals surface area contributed by atoms with Gasteiger partial charge in [0, 0.05) is 31.9 Å². The molecule has 1 aliphatic rings. The molecular formula is C23H26N4O. The summed E-state index contributed by atoms with van der Waals surface area (Å²) in [6, 6.07) is 20.6. The van der Waals surface area contributed by atoms with Gasteiger partial charge in [0.1, 0.15) is 0 Å². The highest BCUT2D eigenvalue weighted by molar-refractivity contribution is 5.78. The maximum Gasteiger partial charge on any atom is 0.236 e. The predicted octanol–water partition coefficient (Wildman–Crippen LogP) is 3.32. The van der Waals surface area contributed by atoms with Gasteiger partial charge in [0.15, 0.2) is 0 Å². The maximum atomic E-state index is 12.7. The van der Waals surface area contributed by atoms with Crippen LogP contribution < -0.4 is 0 Å². The zero-order valence-corrected chi connectivity index (χ0v) is 16.2. The highest BCUT2D eigenvalue weighted by atomic mass is 16.2. The largest absolute Gasteiger partial charge is 0.340 e. The lowest BCUT2D eigenvalue weighted by Crippen LogP contribution is -2.37. The van der Waals surface area contributed by atoms with E-state index in [2.05, 4.69) is 40.3 Å². The SMILES string of the molecule is CN(Cc1cnn(-c2ccccc2)c1)C(=O)CN1CC[C@H](c2ccccc2)C1. The van der Waals surface area contributed by atoms with Gasteiger partial charge in [0.25, 0.3) is 0 Å².